The predicted molar refractivity (Wildman–Crippen MR) is 86.0 cm³/mol. The van der Waals surface area contributed by atoms with Crippen LogP contribution in [0.4, 0.5) is 0 Å². The van der Waals surface area contributed by atoms with E-state index in [1.807, 2.05) is 0 Å². The zero-order valence-electron chi connectivity index (χ0n) is 13.5. The minimum Gasteiger partial charge on any atom is -0.351 e. The molecule has 1 saturated carbocycles. The first-order valence-electron chi connectivity index (χ1n) is 8.28. The fourth-order valence-corrected chi connectivity index (χ4v) is 3.51. The average molecular weight is 314 g/mol. The molecule has 3 atom stereocenters. The highest BCUT2D eigenvalue weighted by Gasteiger charge is 2.41. The molecule has 1 aliphatic carbocycles. The Morgan fingerprint density at radius 2 is 1.70 bits per heavy atom. The number of carbonyl (C=O) groups is 3. The maximum atomic E-state index is 12.5. The molecule has 1 fully saturated rings. The SMILES string of the molecule is C[C@H]1CCCC[C@H]1NC(=O)[C@H](C)N1C(=O)c2ccccc2C1=O. The van der Waals surface area contributed by atoms with Crippen molar-refractivity contribution in [2.75, 3.05) is 0 Å². The maximum Gasteiger partial charge on any atom is 0.262 e. The molecule has 2 aliphatic rings. The van der Waals surface area contributed by atoms with Crippen molar-refractivity contribution >= 4 is 17.7 Å². The minimum absolute atomic E-state index is 0.133. The maximum absolute atomic E-state index is 12.5. The lowest BCUT2D eigenvalue weighted by atomic mass is 9.86. The van der Waals surface area contributed by atoms with Gasteiger partial charge < -0.3 is 5.32 Å². The lowest BCUT2D eigenvalue weighted by Crippen LogP contribution is -2.52. The third-order valence-corrected chi connectivity index (χ3v) is 5.03. The van der Waals surface area contributed by atoms with Crippen LogP contribution in [0.2, 0.25) is 0 Å². The van der Waals surface area contributed by atoms with Gasteiger partial charge in [-0.2, -0.15) is 0 Å². The smallest absolute Gasteiger partial charge is 0.262 e. The molecule has 1 heterocycles. The largest absolute Gasteiger partial charge is 0.351 e. The minimum atomic E-state index is -0.795. The molecule has 122 valence electrons. The van der Waals surface area contributed by atoms with Crippen LogP contribution in [-0.4, -0.2) is 34.7 Å². The first-order valence-corrected chi connectivity index (χ1v) is 8.28. The second-order valence-electron chi connectivity index (χ2n) is 6.58. The number of hydrogen-bond donors (Lipinski definition) is 1. The Labute approximate surface area is 136 Å². The van der Waals surface area contributed by atoms with Crippen LogP contribution in [0.5, 0.6) is 0 Å². The van der Waals surface area contributed by atoms with Crippen LogP contribution in [0.25, 0.3) is 0 Å². The molecule has 5 heteroatoms. The lowest BCUT2D eigenvalue weighted by molar-refractivity contribution is -0.125. The van der Waals surface area contributed by atoms with Gasteiger partial charge in [0.2, 0.25) is 5.91 Å². The zero-order chi connectivity index (χ0) is 16.6. The van der Waals surface area contributed by atoms with Crippen LogP contribution in [-0.2, 0) is 4.79 Å². The Balaban J connectivity index is 1.73. The van der Waals surface area contributed by atoms with Crippen molar-refractivity contribution in [1.29, 1.82) is 0 Å². The first kappa shape index (κ1) is 15.7. The van der Waals surface area contributed by atoms with Gasteiger partial charge >= 0.3 is 0 Å². The standard InChI is InChI=1S/C18H22N2O3/c1-11-7-3-6-10-15(11)19-16(21)12(2)20-17(22)13-8-4-5-9-14(13)18(20)23/h4-5,8-9,11-12,15H,3,6-7,10H2,1-2H3,(H,19,21)/t11-,12-,15+/m0/s1. The van der Waals surface area contributed by atoms with Gasteiger partial charge in [0.05, 0.1) is 11.1 Å². The van der Waals surface area contributed by atoms with Crippen molar-refractivity contribution in [2.24, 2.45) is 5.92 Å². The van der Waals surface area contributed by atoms with E-state index in [2.05, 4.69) is 12.2 Å². The topological polar surface area (TPSA) is 66.5 Å². The van der Waals surface area contributed by atoms with E-state index in [9.17, 15) is 14.4 Å². The summed E-state index contributed by atoms with van der Waals surface area (Å²) < 4.78 is 0. The third kappa shape index (κ3) is 2.76. The summed E-state index contributed by atoms with van der Waals surface area (Å²) in [5, 5.41) is 3.03. The molecule has 3 amide bonds. The van der Waals surface area contributed by atoms with Gasteiger partial charge in [0.25, 0.3) is 11.8 Å². The summed E-state index contributed by atoms with van der Waals surface area (Å²) in [5.41, 5.74) is 0.756. The van der Waals surface area contributed by atoms with E-state index >= 15 is 0 Å². The average Bonchev–Trinajstić information content (AvgIpc) is 2.81. The van der Waals surface area contributed by atoms with Crippen molar-refractivity contribution < 1.29 is 14.4 Å². The van der Waals surface area contributed by atoms with E-state index in [1.54, 1.807) is 31.2 Å². The number of fused-ring (bicyclic) bond motifs is 1. The molecule has 0 unspecified atom stereocenters. The number of imide groups is 1. The van der Waals surface area contributed by atoms with Crippen molar-refractivity contribution in [1.82, 2.24) is 10.2 Å². The van der Waals surface area contributed by atoms with Gasteiger partial charge in [0, 0.05) is 6.04 Å². The molecule has 1 N–H and O–H groups in total. The van der Waals surface area contributed by atoms with Gasteiger partial charge in [0.15, 0.2) is 0 Å². The number of nitrogens with zero attached hydrogens (tertiary/aromatic N) is 1. The molecule has 0 bridgehead atoms. The Hall–Kier alpha value is -2.17. The zero-order valence-corrected chi connectivity index (χ0v) is 13.5. The molecule has 5 nitrogen and oxygen atoms in total. The van der Waals surface area contributed by atoms with Crippen molar-refractivity contribution in [3.63, 3.8) is 0 Å². The Morgan fingerprint density at radius 3 is 2.26 bits per heavy atom. The summed E-state index contributed by atoms with van der Waals surface area (Å²) in [6, 6.07) is 6.04. The number of benzene rings is 1. The highest BCUT2D eigenvalue weighted by atomic mass is 16.2. The first-order chi connectivity index (χ1) is 11.0. The second-order valence-corrected chi connectivity index (χ2v) is 6.58. The molecule has 0 saturated heterocycles. The van der Waals surface area contributed by atoms with E-state index in [0.717, 1.165) is 24.2 Å². The van der Waals surface area contributed by atoms with Crippen LogP contribution in [0, 0.1) is 5.92 Å². The van der Waals surface area contributed by atoms with Crippen molar-refractivity contribution in [2.45, 2.75) is 51.6 Å². The summed E-state index contributed by atoms with van der Waals surface area (Å²) in [7, 11) is 0. The summed E-state index contributed by atoms with van der Waals surface area (Å²) in [6.45, 7) is 3.75. The lowest BCUT2D eigenvalue weighted by Gasteiger charge is -2.31. The molecule has 0 radical (unpaired) electrons. The van der Waals surface area contributed by atoms with Gasteiger partial charge in [-0.1, -0.05) is 31.9 Å². The van der Waals surface area contributed by atoms with Gasteiger partial charge in [-0.25, -0.2) is 0 Å². The van der Waals surface area contributed by atoms with E-state index in [-0.39, 0.29) is 23.8 Å². The van der Waals surface area contributed by atoms with Gasteiger partial charge in [-0.15, -0.1) is 0 Å². The summed E-state index contributed by atoms with van der Waals surface area (Å²) in [5.74, 6) is -0.588. The quantitative estimate of drug-likeness (QED) is 0.871. The molecule has 3 rings (SSSR count). The fourth-order valence-electron chi connectivity index (χ4n) is 3.51. The second kappa shape index (κ2) is 6.14. The molecule has 1 aromatic carbocycles. The predicted octanol–water partition coefficient (Wildman–Crippen LogP) is 2.37. The molecule has 1 aliphatic heterocycles. The van der Waals surface area contributed by atoms with E-state index in [0.29, 0.717) is 17.0 Å². The number of carbonyl (C=O) groups excluding carboxylic acids is 3. The number of amides is 3. The van der Waals surface area contributed by atoms with Crippen LogP contribution in [0.3, 0.4) is 0 Å². The summed E-state index contributed by atoms with van der Waals surface area (Å²) in [4.78, 5) is 38.5. The van der Waals surface area contributed by atoms with Crippen LogP contribution < -0.4 is 5.32 Å². The van der Waals surface area contributed by atoms with Gasteiger partial charge in [-0.05, 0) is 37.8 Å². The molecular formula is C18H22N2O3. The van der Waals surface area contributed by atoms with Crippen LogP contribution >= 0.6 is 0 Å². The normalized spacial score (nSPS) is 25.2. The monoisotopic (exact) mass is 314 g/mol. The highest BCUT2D eigenvalue weighted by molar-refractivity contribution is 6.22. The molecule has 0 aromatic heterocycles. The molecule has 0 spiro atoms. The number of hydrogen-bond acceptors (Lipinski definition) is 3. The Morgan fingerprint density at radius 1 is 1.13 bits per heavy atom. The molecule has 23 heavy (non-hydrogen) atoms. The summed E-state index contributed by atoms with van der Waals surface area (Å²) >= 11 is 0. The number of nitrogens with one attached hydrogen (secondary N) is 1. The summed E-state index contributed by atoms with van der Waals surface area (Å²) in [6.07, 6.45) is 4.37. The van der Waals surface area contributed by atoms with E-state index in [4.69, 9.17) is 0 Å². The molecular weight excluding hydrogens is 292 g/mol. The molecule has 1 aromatic rings. The van der Waals surface area contributed by atoms with Crippen molar-refractivity contribution in [3.8, 4) is 0 Å². The Bertz CT molecular complexity index is 620. The highest BCUT2D eigenvalue weighted by Crippen LogP contribution is 2.26. The van der Waals surface area contributed by atoms with E-state index < -0.39 is 6.04 Å². The van der Waals surface area contributed by atoms with Crippen molar-refractivity contribution in [3.05, 3.63) is 35.4 Å². The van der Waals surface area contributed by atoms with Gasteiger partial charge in [0.1, 0.15) is 6.04 Å². The number of rotatable bonds is 3. The van der Waals surface area contributed by atoms with Gasteiger partial charge in [-0.3, -0.25) is 19.3 Å². The van der Waals surface area contributed by atoms with Crippen LogP contribution in [0.1, 0.15) is 60.2 Å². The Kier molecular flexibility index (Phi) is 4.20. The fraction of sp³-hybridized carbons (Fsp3) is 0.500. The van der Waals surface area contributed by atoms with E-state index in [1.165, 1.54) is 6.42 Å². The third-order valence-electron chi connectivity index (χ3n) is 5.03. The van der Waals surface area contributed by atoms with Crippen LogP contribution in [0.15, 0.2) is 24.3 Å².